The Morgan fingerprint density at radius 1 is 0.969 bits per heavy atom. The SMILES string of the molecule is Cc1cc(C)n(-c2ccc(C(=O)Nc3cccc(-c4nnc5n4CCCCC5)c3)cc2)n1. The highest BCUT2D eigenvalue weighted by atomic mass is 16.1. The normalized spacial score (nSPS) is 13.4. The maximum Gasteiger partial charge on any atom is 0.255 e. The van der Waals surface area contributed by atoms with Gasteiger partial charge in [-0.3, -0.25) is 4.79 Å². The monoisotopic (exact) mass is 426 g/mol. The van der Waals surface area contributed by atoms with Gasteiger partial charge < -0.3 is 9.88 Å². The molecule has 0 radical (unpaired) electrons. The van der Waals surface area contributed by atoms with Crippen LogP contribution in [0.4, 0.5) is 5.69 Å². The van der Waals surface area contributed by atoms with E-state index in [0.717, 1.165) is 65.8 Å². The van der Waals surface area contributed by atoms with Crippen molar-refractivity contribution in [1.29, 1.82) is 0 Å². The number of hydrogen-bond acceptors (Lipinski definition) is 4. The Balaban J connectivity index is 1.34. The summed E-state index contributed by atoms with van der Waals surface area (Å²) in [5, 5.41) is 16.3. The quantitative estimate of drug-likeness (QED) is 0.512. The molecule has 162 valence electrons. The highest BCUT2D eigenvalue weighted by molar-refractivity contribution is 6.04. The summed E-state index contributed by atoms with van der Waals surface area (Å²) in [6, 6.07) is 17.3. The Labute approximate surface area is 187 Å². The van der Waals surface area contributed by atoms with Crippen molar-refractivity contribution in [3.8, 4) is 17.1 Å². The first-order valence-corrected chi connectivity index (χ1v) is 11.1. The first-order valence-electron chi connectivity index (χ1n) is 11.1. The van der Waals surface area contributed by atoms with Crippen molar-refractivity contribution in [2.45, 2.75) is 46.1 Å². The predicted molar refractivity (Wildman–Crippen MR) is 124 cm³/mol. The number of fused-ring (bicyclic) bond motifs is 1. The largest absolute Gasteiger partial charge is 0.322 e. The zero-order chi connectivity index (χ0) is 22.1. The first-order chi connectivity index (χ1) is 15.6. The molecule has 32 heavy (non-hydrogen) atoms. The summed E-state index contributed by atoms with van der Waals surface area (Å²) >= 11 is 0. The third kappa shape index (κ3) is 3.93. The van der Waals surface area contributed by atoms with E-state index in [1.165, 1.54) is 6.42 Å². The summed E-state index contributed by atoms with van der Waals surface area (Å²) in [6.07, 6.45) is 4.49. The van der Waals surface area contributed by atoms with Crippen LogP contribution >= 0.6 is 0 Å². The fourth-order valence-corrected chi connectivity index (χ4v) is 4.28. The molecule has 0 atom stereocenters. The Kier molecular flexibility index (Phi) is 5.31. The lowest BCUT2D eigenvalue weighted by atomic mass is 10.1. The molecule has 0 saturated carbocycles. The van der Waals surface area contributed by atoms with Gasteiger partial charge in [0, 0.05) is 35.5 Å². The lowest BCUT2D eigenvalue weighted by molar-refractivity contribution is 0.102. The molecule has 0 saturated heterocycles. The highest BCUT2D eigenvalue weighted by Gasteiger charge is 2.16. The number of carbonyl (C=O) groups excluding carboxylic acids is 1. The van der Waals surface area contributed by atoms with Crippen LogP contribution in [0.5, 0.6) is 0 Å². The van der Waals surface area contributed by atoms with Gasteiger partial charge in [0.2, 0.25) is 0 Å². The van der Waals surface area contributed by atoms with Crippen molar-refractivity contribution < 1.29 is 4.79 Å². The summed E-state index contributed by atoms with van der Waals surface area (Å²) < 4.78 is 4.09. The van der Waals surface area contributed by atoms with Crippen molar-refractivity contribution in [2.24, 2.45) is 0 Å². The number of rotatable bonds is 4. The van der Waals surface area contributed by atoms with Gasteiger partial charge in [-0.15, -0.1) is 10.2 Å². The van der Waals surface area contributed by atoms with Crippen molar-refractivity contribution in [2.75, 3.05) is 5.32 Å². The standard InChI is InChI=1S/C25H26N6O/c1-17-15-18(2)31(29-17)22-12-10-19(11-13-22)25(32)26-21-8-6-7-20(16-21)24-28-27-23-9-4-3-5-14-30(23)24/h6-8,10-13,15-16H,3-5,9,14H2,1-2H3,(H,26,32). The highest BCUT2D eigenvalue weighted by Crippen LogP contribution is 2.25. The van der Waals surface area contributed by atoms with Crippen LogP contribution in [0.2, 0.25) is 0 Å². The number of aromatic nitrogens is 5. The number of carbonyl (C=O) groups is 1. The number of nitrogens with one attached hydrogen (secondary N) is 1. The van der Waals surface area contributed by atoms with Gasteiger partial charge in [-0.05, 0) is 69.2 Å². The molecule has 4 aromatic rings. The summed E-state index contributed by atoms with van der Waals surface area (Å²) in [7, 11) is 0. The number of nitrogens with zero attached hydrogens (tertiary/aromatic N) is 5. The Hall–Kier alpha value is -3.74. The minimum atomic E-state index is -0.151. The van der Waals surface area contributed by atoms with Crippen LogP contribution in [0.15, 0.2) is 54.6 Å². The molecular weight excluding hydrogens is 400 g/mol. The van der Waals surface area contributed by atoms with Crippen molar-refractivity contribution in [3.63, 3.8) is 0 Å². The molecule has 0 bridgehead atoms. The smallest absolute Gasteiger partial charge is 0.255 e. The molecule has 0 fully saturated rings. The van der Waals surface area contributed by atoms with Gasteiger partial charge in [0.1, 0.15) is 5.82 Å². The van der Waals surface area contributed by atoms with Crippen LogP contribution in [0.3, 0.4) is 0 Å². The van der Waals surface area contributed by atoms with E-state index in [0.29, 0.717) is 5.56 Å². The lowest BCUT2D eigenvalue weighted by Gasteiger charge is -2.10. The zero-order valence-electron chi connectivity index (χ0n) is 18.4. The van der Waals surface area contributed by atoms with E-state index >= 15 is 0 Å². The number of benzene rings is 2. The average Bonchev–Trinajstić information content (AvgIpc) is 3.27. The number of hydrogen-bond donors (Lipinski definition) is 1. The number of anilines is 1. The van der Waals surface area contributed by atoms with Crippen molar-refractivity contribution in [1.82, 2.24) is 24.5 Å². The molecule has 1 N–H and O–H groups in total. The molecule has 5 rings (SSSR count). The maximum atomic E-state index is 12.8. The lowest BCUT2D eigenvalue weighted by Crippen LogP contribution is -2.12. The second-order valence-electron chi connectivity index (χ2n) is 8.32. The van der Waals surface area contributed by atoms with E-state index in [-0.39, 0.29) is 5.91 Å². The van der Waals surface area contributed by atoms with Crippen LogP contribution in [-0.2, 0) is 13.0 Å². The molecule has 2 aromatic carbocycles. The van der Waals surface area contributed by atoms with Gasteiger partial charge in [-0.1, -0.05) is 18.6 Å². The van der Waals surface area contributed by atoms with Gasteiger partial charge in [-0.25, -0.2) is 4.68 Å². The molecule has 0 aliphatic carbocycles. The second kappa shape index (κ2) is 8.42. The minimum Gasteiger partial charge on any atom is -0.322 e. The topological polar surface area (TPSA) is 77.6 Å². The average molecular weight is 427 g/mol. The molecule has 1 amide bonds. The van der Waals surface area contributed by atoms with E-state index in [2.05, 4.69) is 25.2 Å². The van der Waals surface area contributed by atoms with E-state index < -0.39 is 0 Å². The van der Waals surface area contributed by atoms with Gasteiger partial charge in [-0.2, -0.15) is 5.10 Å². The van der Waals surface area contributed by atoms with Crippen LogP contribution in [0, 0.1) is 13.8 Å². The molecule has 1 aliphatic rings. The van der Waals surface area contributed by atoms with Gasteiger partial charge in [0.15, 0.2) is 5.82 Å². The summed E-state index contributed by atoms with van der Waals surface area (Å²) in [5.74, 6) is 1.77. The third-order valence-electron chi connectivity index (χ3n) is 5.87. The Morgan fingerprint density at radius 3 is 2.59 bits per heavy atom. The minimum absolute atomic E-state index is 0.151. The van der Waals surface area contributed by atoms with Crippen molar-refractivity contribution >= 4 is 11.6 Å². The summed E-state index contributed by atoms with van der Waals surface area (Å²) in [6.45, 7) is 4.92. The Morgan fingerprint density at radius 2 is 1.81 bits per heavy atom. The molecule has 3 heterocycles. The Bertz CT molecular complexity index is 1270. The molecule has 7 nitrogen and oxygen atoms in total. The van der Waals surface area contributed by atoms with Crippen LogP contribution < -0.4 is 5.32 Å². The molecule has 7 heteroatoms. The fourth-order valence-electron chi connectivity index (χ4n) is 4.28. The predicted octanol–water partition coefficient (Wildman–Crippen LogP) is 4.73. The molecular formula is C25H26N6O. The van der Waals surface area contributed by atoms with Crippen molar-refractivity contribution in [3.05, 3.63) is 77.4 Å². The van der Waals surface area contributed by atoms with Crippen LogP contribution in [-0.4, -0.2) is 30.5 Å². The van der Waals surface area contributed by atoms with Gasteiger partial charge in [0.05, 0.1) is 11.4 Å². The maximum absolute atomic E-state index is 12.8. The van der Waals surface area contributed by atoms with E-state index in [9.17, 15) is 4.79 Å². The van der Waals surface area contributed by atoms with Gasteiger partial charge in [0.25, 0.3) is 5.91 Å². The summed E-state index contributed by atoms with van der Waals surface area (Å²) in [4.78, 5) is 12.8. The zero-order valence-corrected chi connectivity index (χ0v) is 18.4. The van der Waals surface area contributed by atoms with E-state index in [4.69, 9.17) is 0 Å². The van der Waals surface area contributed by atoms with Crippen LogP contribution in [0.1, 0.15) is 46.8 Å². The fraction of sp³-hybridized carbons (Fsp3) is 0.280. The number of amides is 1. The number of aryl methyl sites for hydroxylation is 3. The molecule has 1 aliphatic heterocycles. The van der Waals surface area contributed by atoms with Gasteiger partial charge >= 0.3 is 0 Å². The molecule has 0 unspecified atom stereocenters. The van der Waals surface area contributed by atoms with Crippen LogP contribution in [0.25, 0.3) is 17.1 Å². The van der Waals surface area contributed by atoms with E-state index in [1.54, 1.807) is 0 Å². The third-order valence-corrected chi connectivity index (χ3v) is 5.87. The molecule has 2 aromatic heterocycles. The second-order valence-corrected chi connectivity index (χ2v) is 8.32. The molecule has 0 spiro atoms. The van der Waals surface area contributed by atoms with E-state index in [1.807, 2.05) is 73.1 Å². The first kappa shape index (κ1) is 20.2. The summed E-state index contributed by atoms with van der Waals surface area (Å²) in [5.41, 5.74) is 5.25.